The predicted octanol–water partition coefficient (Wildman–Crippen LogP) is 5.37. The lowest BCUT2D eigenvalue weighted by atomic mass is 9.88. The summed E-state index contributed by atoms with van der Waals surface area (Å²) in [5.41, 5.74) is 7.36. The number of nitrogens with zero attached hydrogens (tertiary/aromatic N) is 1. The molecule has 0 fully saturated rings. The van der Waals surface area contributed by atoms with Crippen LogP contribution in [0.2, 0.25) is 0 Å². The maximum Gasteiger partial charge on any atom is 0.231 e. The molecule has 0 amide bonds. The number of H-pyrrole nitrogens is 1. The van der Waals surface area contributed by atoms with E-state index in [1.165, 1.54) is 33.3 Å². The molecule has 0 aliphatic carbocycles. The average Bonchev–Trinajstić information content (AvgIpc) is 3.59. The molecule has 0 saturated heterocycles. The van der Waals surface area contributed by atoms with Gasteiger partial charge >= 0.3 is 0 Å². The van der Waals surface area contributed by atoms with Gasteiger partial charge in [0, 0.05) is 34.5 Å². The molecule has 38 heavy (non-hydrogen) atoms. The van der Waals surface area contributed by atoms with E-state index in [4.69, 9.17) is 23.7 Å². The van der Waals surface area contributed by atoms with Crippen LogP contribution in [-0.4, -0.2) is 33.1 Å². The number of ether oxygens (including phenoxy) is 5. The number of fused-ring (bicyclic) bond motifs is 6. The summed E-state index contributed by atoms with van der Waals surface area (Å²) >= 11 is 0. The molecule has 0 bridgehead atoms. The lowest BCUT2D eigenvalue weighted by Crippen LogP contribution is -2.41. The minimum absolute atomic E-state index is 0.268. The fourth-order valence-electron chi connectivity index (χ4n) is 6.01. The van der Waals surface area contributed by atoms with Gasteiger partial charge in [0.05, 0.1) is 32.3 Å². The number of methoxy groups -OCH3 is 3. The summed E-state index contributed by atoms with van der Waals surface area (Å²) in [7, 11) is 5.09. The standard InChI is InChI=1S/C31H29N2O5/c1-34-20-5-8-26-23(13-20)19(15-32-26)4-6-22-21-7-9-27(35-2)31(36-3)25(21)16-33-11-10-18-12-28-29(38-17-37-28)14-24(18)30(22)33/h5,7-9,12-16,32H,4,6,10-11,17H2,1-3H3/q+1. The van der Waals surface area contributed by atoms with Crippen LogP contribution in [0.4, 0.5) is 0 Å². The maximum atomic E-state index is 5.87. The highest BCUT2D eigenvalue weighted by Gasteiger charge is 2.32. The number of benzene rings is 3. The maximum absolute atomic E-state index is 5.87. The van der Waals surface area contributed by atoms with E-state index in [0.29, 0.717) is 0 Å². The minimum atomic E-state index is 0.268. The van der Waals surface area contributed by atoms with Gasteiger partial charge in [-0.25, -0.2) is 0 Å². The third-order valence-electron chi connectivity index (χ3n) is 7.86. The molecule has 7 rings (SSSR count). The van der Waals surface area contributed by atoms with Crippen LogP contribution >= 0.6 is 0 Å². The number of hydrogen-bond donors (Lipinski definition) is 1. The smallest absolute Gasteiger partial charge is 0.231 e. The molecule has 192 valence electrons. The molecule has 0 radical (unpaired) electrons. The summed E-state index contributed by atoms with van der Waals surface area (Å²) in [5, 5.41) is 3.40. The number of aryl methyl sites for hydroxylation is 4. The van der Waals surface area contributed by atoms with Gasteiger partial charge in [-0.2, -0.15) is 4.57 Å². The van der Waals surface area contributed by atoms with Crippen molar-refractivity contribution in [2.24, 2.45) is 0 Å². The molecule has 0 atom stereocenters. The zero-order valence-electron chi connectivity index (χ0n) is 21.7. The van der Waals surface area contributed by atoms with Crippen molar-refractivity contribution in [2.45, 2.75) is 25.8 Å². The molecule has 2 aliphatic rings. The average molecular weight is 510 g/mol. The van der Waals surface area contributed by atoms with Crippen molar-refractivity contribution >= 4 is 21.7 Å². The molecule has 3 aromatic carbocycles. The molecular formula is C31H29N2O5+. The zero-order valence-corrected chi connectivity index (χ0v) is 21.7. The van der Waals surface area contributed by atoms with Gasteiger partial charge in [-0.15, -0.1) is 0 Å². The van der Waals surface area contributed by atoms with Crippen LogP contribution < -0.4 is 28.3 Å². The number of hydrogen-bond acceptors (Lipinski definition) is 5. The summed E-state index contributed by atoms with van der Waals surface area (Å²) in [6.07, 6.45) is 6.96. The van der Waals surface area contributed by atoms with Gasteiger partial charge in [0.25, 0.3) is 0 Å². The molecule has 0 unspecified atom stereocenters. The van der Waals surface area contributed by atoms with Gasteiger partial charge in [0.2, 0.25) is 12.5 Å². The summed E-state index contributed by atoms with van der Waals surface area (Å²) in [4.78, 5) is 3.42. The molecule has 7 nitrogen and oxygen atoms in total. The Hall–Kier alpha value is -4.39. The van der Waals surface area contributed by atoms with E-state index in [0.717, 1.165) is 70.8 Å². The van der Waals surface area contributed by atoms with Crippen molar-refractivity contribution in [3.8, 4) is 40.0 Å². The monoisotopic (exact) mass is 509 g/mol. The Morgan fingerprint density at radius 2 is 1.74 bits per heavy atom. The van der Waals surface area contributed by atoms with Crippen molar-refractivity contribution in [1.82, 2.24) is 4.98 Å². The van der Waals surface area contributed by atoms with Crippen LogP contribution in [-0.2, 0) is 25.8 Å². The Kier molecular flexibility index (Phi) is 5.32. The predicted molar refractivity (Wildman–Crippen MR) is 145 cm³/mol. The third-order valence-corrected chi connectivity index (χ3v) is 7.86. The Labute approximate surface area is 220 Å². The third kappa shape index (κ3) is 3.45. The van der Waals surface area contributed by atoms with Gasteiger partial charge in [0.15, 0.2) is 35.7 Å². The number of nitrogens with one attached hydrogen (secondary N) is 1. The summed E-state index contributed by atoms with van der Waals surface area (Å²) in [6, 6.07) is 14.6. The highest BCUT2D eigenvalue weighted by atomic mass is 16.7. The van der Waals surface area contributed by atoms with E-state index in [2.05, 4.69) is 52.3 Å². The highest BCUT2D eigenvalue weighted by Crippen LogP contribution is 2.44. The Morgan fingerprint density at radius 3 is 2.55 bits per heavy atom. The molecule has 4 heterocycles. The summed E-state index contributed by atoms with van der Waals surface area (Å²) < 4.78 is 30.8. The molecule has 7 heteroatoms. The Balaban J connectivity index is 1.42. The highest BCUT2D eigenvalue weighted by molar-refractivity contribution is 5.95. The van der Waals surface area contributed by atoms with E-state index in [1.54, 1.807) is 21.3 Å². The zero-order chi connectivity index (χ0) is 25.8. The van der Waals surface area contributed by atoms with E-state index in [9.17, 15) is 0 Å². The second kappa shape index (κ2) is 8.87. The quantitative estimate of drug-likeness (QED) is 0.312. The number of rotatable bonds is 6. The minimum Gasteiger partial charge on any atom is -0.497 e. The van der Waals surface area contributed by atoms with Crippen LogP contribution in [0.1, 0.15) is 16.7 Å². The molecule has 2 aromatic heterocycles. The van der Waals surface area contributed by atoms with Gasteiger partial charge in [0.1, 0.15) is 5.75 Å². The molecule has 5 aromatic rings. The van der Waals surface area contributed by atoms with Gasteiger partial charge in [-0.3, -0.25) is 0 Å². The molecule has 2 aliphatic heterocycles. The summed E-state index contributed by atoms with van der Waals surface area (Å²) in [6.45, 7) is 1.14. The van der Waals surface area contributed by atoms with Gasteiger partial charge < -0.3 is 28.7 Å². The van der Waals surface area contributed by atoms with Gasteiger partial charge in [-0.05, 0) is 66.4 Å². The molecule has 0 saturated carbocycles. The molecular weight excluding hydrogens is 480 g/mol. The number of aromatic amines is 1. The van der Waals surface area contributed by atoms with Crippen LogP contribution in [0.15, 0.2) is 54.9 Å². The normalized spacial score (nSPS) is 13.4. The first-order chi connectivity index (χ1) is 18.7. The van der Waals surface area contributed by atoms with Crippen LogP contribution in [0.5, 0.6) is 28.7 Å². The SMILES string of the molecule is COc1ccc2[nH]cc(CCc3c4[n+](cc5c(OC)c(OC)ccc35)CCc3cc5c(cc3-4)OCO5)c2c1. The number of pyridine rings is 1. The first kappa shape index (κ1) is 22.8. The van der Waals surface area contributed by atoms with Crippen molar-refractivity contribution in [3.05, 3.63) is 71.5 Å². The fraction of sp³-hybridized carbons (Fsp3) is 0.258. The molecule has 0 spiro atoms. The van der Waals surface area contributed by atoms with E-state index >= 15 is 0 Å². The lowest BCUT2D eigenvalue weighted by Gasteiger charge is -2.21. The largest absolute Gasteiger partial charge is 0.497 e. The van der Waals surface area contributed by atoms with Crippen LogP contribution in [0.25, 0.3) is 32.9 Å². The second-order valence-corrected chi connectivity index (χ2v) is 9.75. The Morgan fingerprint density at radius 1 is 0.868 bits per heavy atom. The van der Waals surface area contributed by atoms with E-state index in [-0.39, 0.29) is 6.79 Å². The van der Waals surface area contributed by atoms with Crippen molar-refractivity contribution in [1.29, 1.82) is 0 Å². The fourth-order valence-corrected chi connectivity index (χ4v) is 6.01. The first-order valence-electron chi connectivity index (χ1n) is 12.9. The van der Waals surface area contributed by atoms with E-state index < -0.39 is 0 Å². The number of aromatic nitrogens is 2. The van der Waals surface area contributed by atoms with Crippen molar-refractivity contribution < 1.29 is 28.3 Å². The van der Waals surface area contributed by atoms with Crippen molar-refractivity contribution in [2.75, 3.05) is 28.1 Å². The second-order valence-electron chi connectivity index (χ2n) is 9.75. The summed E-state index contributed by atoms with van der Waals surface area (Å²) in [5.74, 6) is 3.99. The van der Waals surface area contributed by atoms with E-state index in [1.807, 2.05) is 12.1 Å². The van der Waals surface area contributed by atoms with Crippen LogP contribution in [0.3, 0.4) is 0 Å². The van der Waals surface area contributed by atoms with Gasteiger partial charge in [-0.1, -0.05) is 0 Å². The topological polar surface area (TPSA) is 65.8 Å². The lowest BCUT2D eigenvalue weighted by molar-refractivity contribution is -0.686. The molecule has 1 N–H and O–H groups in total. The first-order valence-corrected chi connectivity index (χ1v) is 12.9. The van der Waals surface area contributed by atoms with Crippen molar-refractivity contribution in [3.63, 3.8) is 0 Å². The van der Waals surface area contributed by atoms with Crippen LogP contribution in [0, 0.1) is 0 Å². The Bertz CT molecular complexity index is 1720.